The van der Waals surface area contributed by atoms with E-state index in [1.165, 1.54) is 4.31 Å². The van der Waals surface area contributed by atoms with E-state index < -0.39 is 18.0 Å². The van der Waals surface area contributed by atoms with Gasteiger partial charge in [0.15, 0.2) is 0 Å². The lowest BCUT2D eigenvalue weighted by atomic mass is 10.1. The minimum absolute atomic E-state index is 0.228. The second-order valence-corrected chi connectivity index (χ2v) is 13.7. The standard InChI is InChI=1S/C31H29N2O2PS/c1-24-22-23-25(2)37(35)33(24)31(34)29-20-12-13-21-30(29)32-36(26-14-6-3-7-15-26,27-16-8-4-9-17-27)28-18-10-5-11-19-28/h3-25H,1-2H3. The Bertz CT molecular complexity index is 1400. The zero-order valence-corrected chi connectivity index (χ0v) is 22.6. The molecule has 4 aromatic rings. The first-order valence-corrected chi connectivity index (χ1v) is 15.2. The number of carbonyl (C=O) groups excluding carboxylic acids is 1. The summed E-state index contributed by atoms with van der Waals surface area (Å²) in [4.78, 5) is 13.9. The number of carbonyl (C=O) groups is 1. The lowest BCUT2D eigenvalue weighted by molar-refractivity contribution is 0.0849. The van der Waals surface area contributed by atoms with E-state index in [1.807, 2.05) is 98.8 Å². The number of amides is 1. The van der Waals surface area contributed by atoms with Gasteiger partial charge >= 0.3 is 0 Å². The molecule has 0 fully saturated rings. The Morgan fingerprint density at radius 1 is 0.703 bits per heavy atom. The first-order chi connectivity index (χ1) is 18.0. The van der Waals surface area contributed by atoms with Crippen LogP contribution in [0.5, 0.6) is 0 Å². The molecule has 4 aromatic carbocycles. The number of benzene rings is 4. The van der Waals surface area contributed by atoms with Crippen molar-refractivity contribution in [2.45, 2.75) is 25.1 Å². The van der Waals surface area contributed by atoms with E-state index in [2.05, 4.69) is 36.4 Å². The molecule has 0 N–H and O–H groups in total. The average molecular weight is 525 g/mol. The highest BCUT2D eigenvalue weighted by Gasteiger charge is 2.33. The van der Waals surface area contributed by atoms with Crippen LogP contribution in [0.15, 0.2) is 132 Å². The molecule has 0 radical (unpaired) electrons. The van der Waals surface area contributed by atoms with Crippen LogP contribution in [-0.4, -0.2) is 25.7 Å². The summed E-state index contributed by atoms with van der Waals surface area (Å²) in [6.07, 6.45) is 3.86. The van der Waals surface area contributed by atoms with Gasteiger partial charge in [-0.2, -0.15) is 0 Å². The van der Waals surface area contributed by atoms with Gasteiger partial charge in [0.1, 0.15) is 11.0 Å². The molecule has 1 amide bonds. The van der Waals surface area contributed by atoms with Crippen LogP contribution < -0.4 is 15.9 Å². The number of hydrogen-bond acceptors (Lipinski definition) is 3. The van der Waals surface area contributed by atoms with Crippen LogP contribution in [0.3, 0.4) is 0 Å². The van der Waals surface area contributed by atoms with Crippen LogP contribution in [0, 0.1) is 0 Å². The second kappa shape index (κ2) is 10.8. The van der Waals surface area contributed by atoms with Crippen LogP contribution in [-0.2, 0) is 11.0 Å². The fourth-order valence-corrected chi connectivity index (χ4v) is 9.44. The molecule has 186 valence electrons. The highest BCUT2D eigenvalue weighted by atomic mass is 32.2. The third-order valence-corrected chi connectivity index (χ3v) is 11.9. The summed E-state index contributed by atoms with van der Waals surface area (Å²) < 4.78 is 20.2. The van der Waals surface area contributed by atoms with Gasteiger partial charge in [-0.15, -0.1) is 0 Å². The largest absolute Gasteiger partial charge is 0.268 e. The average Bonchev–Trinajstić information content (AvgIpc) is 2.95. The van der Waals surface area contributed by atoms with Gasteiger partial charge in [0.25, 0.3) is 5.91 Å². The molecule has 3 atom stereocenters. The fourth-order valence-electron chi connectivity index (χ4n) is 4.65. The van der Waals surface area contributed by atoms with E-state index in [4.69, 9.17) is 4.74 Å². The summed E-state index contributed by atoms with van der Waals surface area (Å²) >= 11 is 0. The molecule has 0 bridgehead atoms. The first-order valence-electron chi connectivity index (χ1n) is 12.3. The number of hydrogen-bond donors (Lipinski definition) is 0. The lowest BCUT2D eigenvalue weighted by Crippen LogP contribution is -2.44. The maximum atomic E-state index is 13.9. The Balaban J connectivity index is 1.80. The molecule has 0 aromatic heterocycles. The number of nitrogens with zero attached hydrogens (tertiary/aromatic N) is 2. The molecule has 1 aliphatic heterocycles. The minimum atomic E-state index is -2.56. The van der Waals surface area contributed by atoms with Crippen molar-refractivity contribution in [2.24, 2.45) is 4.74 Å². The zero-order valence-electron chi connectivity index (χ0n) is 20.8. The van der Waals surface area contributed by atoms with Crippen LogP contribution in [0.2, 0.25) is 0 Å². The van der Waals surface area contributed by atoms with Crippen LogP contribution >= 0.6 is 7.05 Å². The Morgan fingerprint density at radius 3 is 1.68 bits per heavy atom. The molecule has 4 nitrogen and oxygen atoms in total. The molecule has 1 heterocycles. The van der Waals surface area contributed by atoms with Gasteiger partial charge in [-0.3, -0.25) is 13.8 Å². The SMILES string of the molecule is CC1C=CC(C)S(=O)N1C(=O)c1ccccc1N=P(c1ccccc1)(c1ccccc1)c1ccccc1. The molecule has 1 aliphatic rings. The predicted octanol–water partition coefficient (Wildman–Crippen LogP) is 5.95. The molecule has 3 unspecified atom stereocenters. The van der Waals surface area contributed by atoms with Gasteiger partial charge in [-0.1, -0.05) is 115 Å². The maximum absolute atomic E-state index is 13.9. The summed E-state index contributed by atoms with van der Waals surface area (Å²) in [7, 11) is -4.02. The van der Waals surface area contributed by atoms with Crippen molar-refractivity contribution in [3.05, 3.63) is 133 Å². The maximum Gasteiger partial charge on any atom is 0.268 e. The highest BCUT2D eigenvalue weighted by Crippen LogP contribution is 2.49. The van der Waals surface area contributed by atoms with Crippen molar-refractivity contribution in [1.82, 2.24) is 4.31 Å². The van der Waals surface area contributed by atoms with E-state index in [9.17, 15) is 9.00 Å². The third kappa shape index (κ3) is 4.77. The van der Waals surface area contributed by atoms with Crippen molar-refractivity contribution in [3.8, 4) is 0 Å². The summed E-state index contributed by atoms with van der Waals surface area (Å²) in [5, 5.41) is 3.07. The van der Waals surface area contributed by atoms with Crippen molar-refractivity contribution in [2.75, 3.05) is 0 Å². The molecule has 0 saturated heterocycles. The Labute approximate surface area is 221 Å². The topological polar surface area (TPSA) is 49.7 Å². The molecule has 0 spiro atoms. The van der Waals surface area contributed by atoms with Crippen LogP contribution in [0.25, 0.3) is 0 Å². The number of rotatable bonds is 5. The molecule has 5 rings (SSSR count). The molecule has 6 heteroatoms. The molecule has 37 heavy (non-hydrogen) atoms. The quantitative estimate of drug-likeness (QED) is 0.239. The van der Waals surface area contributed by atoms with Crippen molar-refractivity contribution >= 4 is 45.5 Å². The van der Waals surface area contributed by atoms with Gasteiger partial charge in [0.2, 0.25) is 0 Å². The smallest absolute Gasteiger partial charge is 0.268 e. The Morgan fingerprint density at radius 2 is 1.16 bits per heavy atom. The first kappa shape index (κ1) is 25.1. The van der Waals surface area contributed by atoms with Gasteiger partial charge in [0.05, 0.1) is 29.6 Å². The van der Waals surface area contributed by atoms with Crippen LogP contribution in [0.1, 0.15) is 24.2 Å². The minimum Gasteiger partial charge on any atom is -0.268 e. The van der Waals surface area contributed by atoms with Gasteiger partial charge < -0.3 is 0 Å². The normalized spacial score (nSPS) is 19.4. The van der Waals surface area contributed by atoms with Crippen LogP contribution in [0.4, 0.5) is 5.69 Å². The van der Waals surface area contributed by atoms with E-state index in [0.29, 0.717) is 11.3 Å². The Hall–Kier alpha value is -3.53. The van der Waals surface area contributed by atoms with Crippen molar-refractivity contribution < 1.29 is 9.00 Å². The van der Waals surface area contributed by atoms with Gasteiger partial charge in [0, 0.05) is 15.9 Å². The molecular weight excluding hydrogens is 495 g/mol. The summed E-state index contributed by atoms with van der Waals surface area (Å²) in [5.41, 5.74) is 1.06. The third-order valence-electron chi connectivity index (χ3n) is 6.52. The van der Waals surface area contributed by atoms with Gasteiger partial charge in [-0.05, 0) is 26.0 Å². The highest BCUT2D eigenvalue weighted by molar-refractivity contribution is 7.87. The Kier molecular flexibility index (Phi) is 7.36. The van der Waals surface area contributed by atoms with Gasteiger partial charge in [-0.25, -0.2) is 4.21 Å². The monoisotopic (exact) mass is 524 g/mol. The molecular formula is C31H29N2O2PS. The van der Waals surface area contributed by atoms with Crippen molar-refractivity contribution in [3.63, 3.8) is 0 Å². The second-order valence-electron chi connectivity index (χ2n) is 9.00. The van der Waals surface area contributed by atoms with E-state index in [0.717, 1.165) is 15.9 Å². The zero-order chi connectivity index (χ0) is 25.8. The summed E-state index contributed by atoms with van der Waals surface area (Å²) in [6, 6.07) is 38.1. The van der Waals surface area contributed by atoms with E-state index in [-0.39, 0.29) is 17.2 Å². The predicted molar refractivity (Wildman–Crippen MR) is 156 cm³/mol. The van der Waals surface area contributed by atoms with E-state index in [1.54, 1.807) is 6.07 Å². The fraction of sp³-hybridized carbons (Fsp3) is 0.129. The summed E-state index contributed by atoms with van der Waals surface area (Å²) in [5.74, 6) is -0.270. The van der Waals surface area contributed by atoms with Crippen molar-refractivity contribution in [1.29, 1.82) is 0 Å². The molecule has 0 aliphatic carbocycles. The summed E-state index contributed by atoms with van der Waals surface area (Å²) in [6.45, 7) is 3.76. The van der Waals surface area contributed by atoms with E-state index >= 15 is 0 Å². The lowest BCUT2D eigenvalue weighted by Gasteiger charge is -2.32. The molecule has 0 saturated carbocycles.